The minimum absolute atomic E-state index is 0.300. The van der Waals surface area contributed by atoms with Crippen LogP contribution in [0.5, 0.6) is 0 Å². The largest absolute Gasteiger partial charge is 0.481 e. The van der Waals surface area contributed by atoms with Crippen LogP contribution in [0.2, 0.25) is 0 Å². The quantitative estimate of drug-likeness (QED) is 0.103. The number of carboxylic acid groups (broad SMARTS) is 3. The van der Waals surface area contributed by atoms with Crippen molar-refractivity contribution in [1.29, 1.82) is 0 Å². The van der Waals surface area contributed by atoms with Crippen LogP contribution in [-0.4, -0.2) is 81.0 Å². The summed E-state index contributed by atoms with van der Waals surface area (Å²) in [7, 11) is 0. The van der Waals surface area contributed by atoms with Gasteiger partial charge in [0.15, 0.2) is 0 Å². The molecule has 4 unspecified atom stereocenters. The lowest BCUT2D eigenvalue weighted by Gasteiger charge is -2.25. The molecule has 0 aromatic carbocycles. The molecule has 0 saturated carbocycles. The van der Waals surface area contributed by atoms with Gasteiger partial charge in [0.05, 0.1) is 6.04 Å². The van der Waals surface area contributed by atoms with Crippen molar-refractivity contribution in [3.8, 4) is 0 Å². The molecule has 0 aromatic rings. The number of carbonyl (C=O) groups is 7. The van der Waals surface area contributed by atoms with Crippen LogP contribution in [0.15, 0.2) is 0 Å². The maximum absolute atomic E-state index is 12.8. The van der Waals surface area contributed by atoms with Gasteiger partial charge in [0.25, 0.3) is 0 Å². The van der Waals surface area contributed by atoms with Crippen LogP contribution in [0, 0.1) is 5.92 Å². The van der Waals surface area contributed by atoms with Crippen LogP contribution in [0.3, 0.4) is 0 Å². The number of rotatable bonds is 17. The molecule has 0 spiro atoms. The van der Waals surface area contributed by atoms with E-state index in [2.05, 4.69) is 16.0 Å². The van der Waals surface area contributed by atoms with E-state index in [-0.39, 0.29) is 25.2 Å². The van der Waals surface area contributed by atoms with E-state index in [4.69, 9.17) is 21.7 Å². The molecule has 0 radical (unpaired) electrons. The summed E-state index contributed by atoms with van der Waals surface area (Å²) < 4.78 is 0. The zero-order valence-corrected chi connectivity index (χ0v) is 19.5. The van der Waals surface area contributed by atoms with Crippen molar-refractivity contribution in [1.82, 2.24) is 16.0 Å². The van der Waals surface area contributed by atoms with E-state index in [1.165, 1.54) is 0 Å². The maximum atomic E-state index is 12.8. The van der Waals surface area contributed by atoms with Gasteiger partial charge in [-0.3, -0.25) is 28.8 Å². The summed E-state index contributed by atoms with van der Waals surface area (Å²) in [6.45, 7) is 3.31. The smallest absolute Gasteiger partial charge is 0.326 e. The van der Waals surface area contributed by atoms with Crippen molar-refractivity contribution < 1.29 is 48.9 Å². The highest BCUT2D eigenvalue weighted by molar-refractivity contribution is 5.94. The fourth-order valence-electron chi connectivity index (χ4n) is 2.73. The predicted molar refractivity (Wildman–Crippen MR) is 118 cm³/mol. The highest BCUT2D eigenvalue weighted by atomic mass is 16.4. The van der Waals surface area contributed by atoms with E-state index in [9.17, 15) is 38.7 Å². The molecular weight excluding hydrogens is 470 g/mol. The summed E-state index contributed by atoms with van der Waals surface area (Å²) in [6.07, 6.45) is -2.59. The molecule has 0 aliphatic heterocycles. The molecule has 0 aromatic heterocycles. The molecule has 198 valence electrons. The first-order chi connectivity index (χ1) is 16.1. The Morgan fingerprint density at radius 3 is 1.40 bits per heavy atom. The Kier molecular flexibility index (Phi) is 13.6. The monoisotopic (exact) mass is 503 g/mol. The van der Waals surface area contributed by atoms with Crippen LogP contribution in [-0.2, 0) is 33.6 Å². The first-order valence-electron chi connectivity index (χ1n) is 10.8. The molecule has 4 atom stereocenters. The average molecular weight is 504 g/mol. The van der Waals surface area contributed by atoms with Crippen molar-refractivity contribution in [2.45, 2.75) is 76.5 Å². The predicted octanol–water partition coefficient (Wildman–Crippen LogP) is -2.50. The molecule has 15 heteroatoms. The fraction of sp³-hybridized carbons (Fsp3) is 0.650. The fourth-order valence-corrected chi connectivity index (χ4v) is 2.73. The molecule has 0 heterocycles. The second-order valence-corrected chi connectivity index (χ2v) is 8.16. The van der Waals surface area contributed by atoms with E-state index in [1.54, 1.807) is 13.8 Å². The minimum atomic E-state index is -1.60. The number of hydrogen-bond acceptors (Lipinski definition) is 8. The van der Waals surface area contributed by atoms with Crippen molar-refractivity contribution >= 4 is 41.5 Å². The minimum Gasteiger partial charge on any atom is -0.481 e. The van der Waals surface area contributed by atoms with Crippen molar-refractivity contribution in [3.05, 3.63) is 0 Å². The van der Waals surface area contributed by atoms with Crippen LogP contribution < -0.4 is 27.4 Å². The Morgan fingerprint density at radius 1 is 0.657 bits per heavy atom. The summed E-state index contributed by atoms with van der Waals surface area (Å²) >= 11 is 0. The third kappa shape index (κ3) is 12.9. The molecule has 0 fully saturated rings. The van der Waals surface area contributed by atoms with E-state index in [0.29, 0.717) is 0 Å². The van der Waals surface area contributed by atoms with Gasteiger partial charge in [0.1, 0.15) is 18.1 Å². The van der Waals surface area contributed by atoms with Crippen LogP contribution in [0.1, 0.15) is 52.4 Å². The topological polar surface area (TPSA) is 268 Å². The third-order valence-corrected chi connectivity index (χ3v) is 4.87. The van der Waals surface area contributed by atoms with Crippen molar-refractivity contribution in [3.63, 3.8) is 0 Å². The maximum Gasteiger partial charge on any atom is 0.326 e. The molecule has 0 aliphatic rings. The molecule has 10 N–H and O–H groups in total. The Bertz CT molecular complexity index is 816. The summed E-state index contributed by atoms with van der Waals surface area (Å²) in [5.41, 5.74) is 10.8. The Labute approximate surface area is 201 Å². The normalized spacial score (nSPS) is 14.2. The van der Waals surface area contributed by atoms with E-state index >= 15 is 0 Å². The zero-order chi connectivity index (χ0) is 27.3. The Morgan fingerprint density at radius 2 is 1.03 bits per heavy atom. The number of carboxylic acids is 3. The molecular formula is C20H33N5O10. The van der Waals surface area contributed by atoms with E-state index < -0.39 is 85.0 Å². The number of nitrogens with one attached hydrogen (secondary N) is 3. The molecule has 0 rings (SSSR count). The number of nitrogens with two attached hydrogens (primary N) is 2. The van der Waals surface area contributed by atoms with Crippen LogP contribution in [0.25, 0.3) is 0 Å². The molecule has 0 aliphatic carbocycles. The highest BCUT2D eigenvalue weighted by Gasteiger charge is 2.31. The highest BCUT2D eigenvalue weighted by Crippen LogP contribution is 2.06. The first-order valence-corrected chi connectivity index (χ1v) is 10.8. The van der Waals surface area contributed by atoms with Crippen LogP contribution >= 0.6 is 0 Å². The van der Waals surface area contributed by atoms with Gasteiger partial charge in [-0.05, 0) is 25.2 Å². The number of carbonyl (C=O) groups excluding carboxylic acids is 4. The third-order valence-electron chi connectivity index (χ3n) is 4.87. The number of hydrogen-bond donors (Lipinski definition) is 8. The second kappa shape index (κ2) is 15.2. The van der Waals surface area contributed by atoms with E-state index in [0.717, 1.165) is 0 Å². The average Bonchev–Trinajstić information content (AvgIpc) is 2.74. The van der Waals surface area contributed by atoms with E-state index in [1.807, 2.05) is 0 Å². The SMILES string of the molecule is CC(C)C(N)C(=O)NC(CCC(=O)O)C(=O)NC(CCC(N)=O)C(=O)NC(CCC(=O)O)C(=O)O. The van der Waals surface area contributed by atoms with Crippen molar-refractivity contribution in [2.24, 2.45) is 17.4 Å². The van der Waals surface area contributed by atoms with Gasteiger partial charge in [-0.15, -0.1) is 0 Å². The number of primary amides is 1. The standard InChI is InChI=1S/C20H33N5O10/c1-9(2)16(22)19(33)24-11(4-7-14(27)28)17(31)23-10(3-6-13(21)26)18(32)25-12(20(34)35)5-8-15(29)30/h9-12,16H,3-8,22H2,1-2H3,(H2,21,26)(H,23,31)(H,24,33)(H,25,32)(H,27,28)(H,29,30)(H,34,35). The summed E-state index contributed by atoms with van der Waals surface area (Å²) in [5.74, 6) is -7.94. The van der Waals surface area contributed by atoms with Gasteiger partial charge in [-0.25, -0.2) is 4.79 Å². The molecule has 0 saturated heterocycles. The van der Waals surface area contributed by atoms with Gasteiger partial charge < -0.3 is 42.7 Å². The van der Waals surface area contributed by atoms with Gasteiger partial charge in [0.2, 0.25) is 23.6 Å². The molecule has 0 bridgehead atoms. The Balaban J connectivity index is 5.65. The van der Waals surface area contributed by atoms with Gasteiger partial charge in [-0.2, -0.15) is 0 Å². The van der Waals surface area contributed by atoms with Crippen molar-refractivity contribution in [2.75, 3.05) is 0 Å². The molecule has 35 heavy (non-hydrogen) atoms. The lowest BCUT2D eigenvalue weighted by molar-refractivity contribution is -0.143. The summed E-state index contributed by atoms with van der Waals surface area (Å²) in [5, 5.41) is 33.6. The number of aliphatic carboxylic acids is 3. The lowest BCUT2D eigenvalue weighted by atomic mass is 10.0. The van der Waals surface area contributed by atoms with Gasteiger partial charge in [-0.1, -0.05) is 13.8 Å². The van der Waals surface area contributed by atoms with Gasteiger partial charge >= 0.3 is 17.9 Å². The second-order valence-electron chi connectivity index (χ2n) is 8.16. The summed E-state index contributed by atoms with van der Waals surface area (Å²) in [4.78, 5) is 82.1. The van der Waals surface area contributed by atoms with Crippen LogP contribution in [0.4, 0.5) is 0 Å². The first kappa shape index (κ1) is 31.2. The van der Waals surface area contributed by atoms with Gasteiger partial charge in [0, 0.05) is 19.3 Å². The Hall–Kier alpha value is -3.75. The molecule has 15 nitrogen and oxygen atoms in total. The molecule has 4 amide bonds. The lowest BCUT2D eigenvalue weighted by Crippen LogP contribution is -2.57. The number of amides is 4. The summed E-state index contributed by atoms with van der Waals surface area (Å²) in [6, 6.07) is -5.51. The zero-order valence-electron chi connectivity index (χ0n) is 19.5.